The molecule has 9 heteroatoms. The summed E-state index contributed by atoms with van der Waals surface area (Å²) >= 11 is 7.39. The molecule has 0 radical (unpaired) electrons. The van der Waals surface area contributed by atoms with Gasteiger partial charge in [0.05, 0.1) is 19.2 Å². The van der Waals surface area contributed by atoms with Crippen LogP contribution in [0.2, 0.25) is 5.02 Å². The monoisotopic (exact) mass is 470 g/mol. The van der Waals surface area contributed by atoms with Gasteiger partial charge in [-0.05, 0) is 42.5 Å². The summed E-state index contributed by atoms with van der Waals surface area (Å²) < 4.78 is 5.10. The quantitative estimate of drug-likeness (QED) is 0.590. The van der Waals surface area contributed by atoms with E-state index in [-0.39, 0.29) is 18.2 Å². The molecule has 0 atom stereocenters. The fourth-order valence-corrected chi connectivity index (χ4v) is 4.40. The molecule has 0 unspecified atom stereocenters. The van der Waals surface area contributed by atoms with E-state index in [1.54, 1.807) is 31.4 Å². The first-order valence-electron chi connectivity index (χ1n) is 10.2. The Balaban J connectivity index is 1.28. The zero-order valence-corrected chi connectivity index (χ0v) is 19.2. The van der Waals surface area contributed by atoms with E-state index in [2.05, 4.69) is 15.2 Å². The molecule has 4 rings (SSSR count). The van der Waals surface area contributed by atoms with Crippen LogP contribution in [-0.2, 0) is 11.2 Å². The summed E-state index contributed by atoms with van der Waals surface area (Å²) in [5.41, 5.74) is 2.24. The van der Waals surface area contributed by atoms with E-state index >= 15 is 0 Å². The number of halogens is 1. The maximum Gasteiger partial charge on any atom is 0.257 e. The molecule has 0 saturated carbocycles. The normalized spacial score (nSPS) is 13.7. The van der Waals surface area contributed by atoms with E-state index in [1.807, 2.05) is 34.5 Å². The topological polar surface area (TPSA) is 74.8 Å². The third-order valence-electron chi connectivity index (χ3n) is 5.26. The average Bonchev–Trinajstić information content (AvgIpc) is 3.25. The van der Waals surface area contributed by atoms with Gasteiger partial charge in [-0.3, -0.25) is 14.9 Å². The maximum absolute atomic E-state index is 12.7. The summed E-state index contributed by atoms with van der Waals surface area (Å²) in [6, 6.07) is 14.6. The number of amides is 2. The van der Waals surface area contributed by atoms with Crippen molar-refractivity contribution in [2.45, 2.75) is 6.42 Å². The molecule has 2 amide bonds. The number of rotatable bonds is 6. The van der Waals surface area contributed by atoms with Crippen LogP contribution in [0.1, 0.15) is 16.1 Å². The Labute approximate surface area is 195 Å². The Bertz CT molecular complexity index is 1090. The fourth-order valence-electron chi connectivity index (χ4n) is 3.51. The summed E-state index contributed by atoms with van der Waals surface area (Å²) in [6.07, 6.45) is 0.214. The second-order valence-corrected chi connectivity index (χ2v) is 8.65. The minimum absolute atomic E-state index is 0.0362. The molecule has 3 aromatic rings. The summed E-state index contributed by atoms with van der Waals surface area (Å²) in [5.74, 6) is 0.469. The Morgan fingerprint density at radius 3 is 2.56 bits per heavy atom. The van der Waals surface area contributed by atoms with E-state index in [0.29, 0.717) is 40.3 Å². The van der Waals surface area contributed by atoms with Crippen molar-refractivity contribution in [3.05, 3.63) is 70.2 Å². The SMILES string of the molecule is COc1ccc(C(=O)Nc2nc(CC(=O)N3CCN(c4cccc(Cl)c4)CC3)cs2)cc1. The predicted octanol–water partition coefficient (Wildman–Crippen LogP) is 3.95. The molecule has 32 heavy (non-hydrogen) atoms. The van der Waals surface area contributed by atoms with Gasteiger partial charge in [-0.1, -0.05) is 17.7 Å². The fraction of sp³-hybridized carbons (Fsp3) is 0.261. The molecule has 1 fully saturated rings. The molecule has 166 valence electrons. The lowest BCUT2D eigenvalue weighted by atomic mass is 10.2. The Morgan fingerprint density at radius 1 is 1.12 bits per heavy atom. The number of thiazole rings is 1. The molecule has 2 aromatic carbocycles. The molecule has 7 nitrogen and oxygen atoms in total. The molecule has 1 aliphatic heterocycles. The van der Waals surface area contributed by atoms with Gasteiger partial charge < -0.3 is 14.5 Å². The van der Waals surface area contributed by atoms with Crippen molar-refractivity contribution in [2.24, 2.45) is 0 Å². The number of ether oxygens (including phenoxy) is 1. The van der Waals surface area contributed by atoms with Gasteiger partial charge in [0.15, 0.2) is 5.13 Å². The van der Waals surface area contributed by atoms with Crippen LogP contribution in [-0.4, -0.2) is 55.0 Å². The van der Waals surface area contributed by atoms with Crippen LogP contribution >= 0.6 is 22.9 Å². The van der Waals surface area contributed by atoms with Crippen LogP contribution in [0.4, 0.5) is 10.8 Å². The third kappa shape index (κ3) is 5.38. The number of piperazine rings is 1. The van der Waals surface area contributed by atoms with Crippen LogP contribution in [0.25, 0.3) is 0 Å². The zero-order valence-electron chi connectivity index (χ0n) is 17.6. The highest BCUT2D eigenvalue weighted by Gasteiger charge is 2.22. The van der Waals surface area contributed by atoms with Crippen LogP contribution in [0, 0.1) is 0 Å². The summed E-state index contributed by atoms with van der Waals surface area (Å²) in [7, 11) is 1.58. The largest absolute Gasteiger partial charge is 0.497 e. The minimum atomic E-state index is -0.253. The molecular weight excluding hydrogens is 448 g/mol. The van der Waals surface area contributed by atoms with Crippen LogP contribution in [0.3, 0.4) is 0 Å². The first kappa shape index (κ1) is 22.1. The van der Waals surface area contributed by atoms with Gasteiger partial charge >= 0.3 is 0 Å². The Hall–Kier alpha value is -3.10. The lowest BCUT2D eigenvalue weighted by molar-refractivity contribution is -0.130. The Morgan fingerprint density at radius 2 is 1.88 bits per heavy atom. The van der Waals surface area contributed by atoms with Gasteiger partial charge in [-0.25, -0.2) is 4.98 Å². The second-order valence-electron chi connectivity index (χ2n) is 7.35. The molecule has 1 aliphatic rings. The van der Waals surface area contributed by atoms with Crippen LogP contribution in [0.5, 0.6) is 5.75 Å². The van der Waals surface area contributed by atoms with E-state index in [1.165, 1.54) is 11.3 Å². The highest BCUT2D eigenvalue weighted by Crippen LogP contribution is 2.22. The molecule has 0 bridgehead atoms. The van der Waals surface area contributed by atoms with Crippen molar-refractivity contribution in [1.82, 2.24) is 9.88 Å². The smallest absolute Gasteiger partial charge is 0.257 e. The third-order valence-corrected chi connectivity index (χ3v) is 6.30. The number of anilines is 2. The lowest BCUT2D eigenvalue weighted by Crippen LogP contribution is -2.49. The number of carbonyl (C=O) groups excluding carboxylic acids is 2. The summed E-state index contributed by atoms with van der Waals surface area (Å²) in [4.78, 5) is 33.6. The van der Waals surface area contributed by atoms with Crippen molar-refractivity contribution in [3.8, 4) is 5.75 Å². The van der Waals surface area contributed by atoms with E-state index < -0.39 is 0 Å². The first-order chi connectivity index (χ1) is 15.5. The number of methoxy groups -OCH3 is 1. The predicted molar refractivity (Wildman–Crippen MR) is 127 cm³/mol. The van der Waals surface area contributed by atoms with Gasteiger partial charge in [-0.2, -0.15) is 0 Å². The molecular formula is C23H23ClN4O3S. The van der Waals surface area contributed by atoms with Crippen LogP contribution in [0.15, 0.2) is 53.9 Å². The highest BCUT2D eigenvalue weighted by atomic mass is 35.5. The van der Waals surface area contributed by atoms with Crippen LogP contribution < -0.4 is 15.0 Å². The summed E-state index contributed by atoms with van der Waals surface area (Å²) in [5, 5.41) is 5.77. The van der Waals surface area contributed by atoms with Crippen molar-refractivity contribution in [2.75, 3.05) is 43.5 Å². The van der Waals surface area contributed by atoms with E-state index in [0.717, 1.165) is 18.8 Å². The second kappa shape index (κ2) is 10.0. The molecule has 1 aromatic heterocycles. The lowest BCUT2D eigenvalue weighted by Gasteiger charge is -2.36. The Kier molecular flexibility index (Phi) is 6.92. The van der Waals surface area contributed by atoms with Gasteiger partial charge in [0.25, 0.3) is 5.91 Å². The molecule has 0 spiro atoms. The molecule has 1 N–H and O–H groups in total. The number of hydrogen-bond donors (Lipinski definition) is 1. The van der Waals surface area contributed by atoms with E-state index in [9.17, 15) is 9.59 Å². The number of hydrogen-bond acceptors (Lipinski definition) is 6. The van der Waals surface area contributed by atoms with E-state index in [4.69, 9.17) is 16.3 Å². The van der Waals surface area contributed by atoms with Gasteiger partial charge in [0.1, 0.15) is 5.75 Å². The standard InChI is InChI=1S/C23H23ClN4O3S/c1-31-20-7-5-16(6-8-20)22(30)26-23-25-18(15-32-23)14-21(29)28-11-9-27(10-12-28)19-4-2-3-17(24)13-19/h2-8,13,15H,9-12,14H2,1H3,(H,25,26,30). The van der Waals surface area contributed by atoms with Crippen molar-refractivity contribution in [1.29, 1.82) is 0 Å². The maximum atomic E-state index is 12.7. The molecule has 2 heterocycles. The number of carbonyl (C=O) groups is 2. The number of nitrogens with zero attached hydrogens (tertiary/aromatic N) is 3. The number of benzene rings is 2. The van der Waals surface area contributed by atoms with Crippen molar-refractivity contribution >= 4 is 45.6 Å². The average molecular weight is 471 g/mol. The van der Waals surface area contributed by atoms with Gasteiger partial charge in [-0.15, -0.1) is 11.3 Å². The summed E-state index contributed by atoms with van der Waals surface area (Å²) in [6.45, 7) is 2.81. The number of nitrogens with one attached hydrogen (secondary N) is 1. The van der Waals surface area contributed by atoms with Gasteiger partial charge in [0.2, 0.25) is 5.91 Å². The number of aromatic nitrogens is 1. The van der Waals surface area contributed by atoms with Gasteiger partial charge in [0, 0.05) is 47.8 Å². The molecule has 0 aliphatic carbocycles. The minimum Gasteiger partial charge on any atom is -0.497 e. The van der Waals surface area contributed by atoms with Crippen molar-refractivity contribution in [3.63, 3.8) is 0 Å². The molecule has 1 saturated heterocycles. The van der Waals surface area contributed by atoms with Crippen molar-refractivity contribution < 1.29 is 14.3 Å². The zero-order chi connectivity index (χ0) is 22.5. The highest BCUT2D eigenvalue weighted by molar-refractivity contribution is 7.14. The first-order valence-corrected chi connectivity index (χ1v) is 11.5.